The molecule has 5 nitrogen and oxygen atoms in total. The molecule has 2 aromatic rings. The van der Waals surface area contributed by atoms with Gasteiger partial charge in [-0.25, -0.2) is 4.39 Å². The van der Waals surface area contributed by atoms with Gasteiger partial charge in [0, 0.05) is 25.3 Å². The SMILES string of the molecule is Cc1cc(NC(=O)CN2CCc3ccccc3[C@@H]2C(=O)N2CCCCC2)ccc1F. The predicted molar refractivity (Wildman–Crippen MR) is 115 cm³/mol. The van der Waals surface area contributed by atoms with Crippen molar-refractivity contribution in [3.63, 3.8) is 0 Å². The highest BCUT2D eigenvalue weighted by atomic mass is 19.1. The molecule has 2 aliphatic rings. The van der Waals surface area contributed by atoms with Crippen LogP contribution >= 0.6 is 0 Å². The number of hydrogen-bond donors (Lipinski definition) is 1. The topological polar surface area (TPSA) is 52.7 Å². The number of halogens is 1. The number of benzene rings is 2. The number of piperidine rings is 1. The van der Waals surface area contributed by atoms with Gasteiger partial charge in [0.1, 0.15) is 11.9 Å². The van der Waals surface area contributed by atoms with Crippen molar-refractivity contribution in [2.75, 3.05) is 31.5 Å². The average molecular weight is 410 g/mol. The van der Waals surface area contributed by atoms with Crippen LogP contribution in [0.3, 0.4) is 0 Å². The van der Waals surface area contributed by atoms with Crippen LogP contribution in [0.2, 0.25) is 0 Å². The van der Waals surface area contributed by atoms with Crippen molar-refractivity contribution in [1.82, 2.24) is 9.80 Å². The summed E-state index contributed by atoms with van der Waals surface area (Å²) in [6.07, 6.45) is 4.03. The van der Waals surface area contributed by atoms with Gasteiger partial charge in [0.05, 0.1) is 6.54 Å². The zero-order valence-corrected chi connectivity index (χ0v) is 17.4. The lowest BCUT2D eigenvalue weighted by molar-refractivity contribution is -0.139. The normalized spacial score (nSPS) is 19.3. The lowest BCUT2D eigenvalue weighted by atomic mass is 9.91. The molecule has 2 heterocycles. The Morgan fingerprint density at radius 2 is 1.83 bits per heavy atom. The van der Waals surface area contributed by atoms with E-state index in [0.717, 1.165) is 44.3 Å². The summed E-state index contributed by atoms with van der Waals surface area (Å²) in [5.74, 6) is -0.406. The molecule has 2 aromatic carbocycles. The fourth-order valence-electron chi connectivity index (χ4n) is 4.47. The fraction of sp³-hybridized carbons (Fsp3) is 0.417. The Bertz CT molecular complexity index is 940. The van der Waals surface area contributed by atoms with Gasteiger partial charge in [-0.3, -0.25) is 14.5 Å². The summed E-state index contributed by atoms with van der Waals surface area (Å²) >= 11 is 0. The third-order valence-corrected chi connectivity index (χ3v) is 6.07. The minimum absolute atomic E-state index is 0.0901. The van der Waals surface area contributed by atoms with Crippen molar-refractivity contribution in [2.24, 2.45) is 0 Å². The van der Waals surface area contributed by atoms with Crippen LogP contribution in [0.15, 0.2) is 42.5 Å². The highest BCUT2D eigenvalue weighted by molar-refractivity contribution is 5.93. The highest BCUT2D eigenvalue weighted by Crippen LogP contribution is 2.32. The number of amides is 2. The number of nitrogens with one attached hydrogen (secondary N) is 1. The average Bonchev–Trinajstić information content (AvgIpc) is 2.76. The molecule has 0 aliphatic carbocycles. The molecule has 1 atom stereocenters. The molecule has 2 amide bonds. The predicted octanol–water partition coefficient (Wildman–Crippen LogP) is 3.68. The van der Waals surface area contributed by atoms with Crippen LogP contribution in [0, 0.1) is 12.7 Å². The standard InChI is InChI=1S/C24H28FN3O2/c1-17-15-19(9-10-21(17)25)26-22(29)16-28-14-11-18-7-3-4-8-20(18)23(28)24(30)27-12-5-2-6-13-27/h3-4,7-10,15,23H,2,5-6,11-14,16H2,1H3,(H,26,29)/t23-/m1/s1. The van der Waals surface area contributed by atoms with E-state index in [0.29, 0.717) is 17.8 Å². The third kappa shape index (κ3) is 4.38. The van der Waals surface area contributed by atoms with E-state index in [1.54, 1.807) is 19.1 Å². The van der Waals surface area contributed by atoms with Crippen LogP contribution < -0.4 is 5.32 Å². The van der Waals surface area contributed by atoms with E-state index in [4.69, 9.17) is 0 Å². The summed E-state index contributed by atoms with van der Waals surface area (Å²) in [5.41, 5.74) is 3.23. The van der Waals surface area contributed by atoms with Crippen molar-refractivity contribution in [1.29, 1.82) is 0 Å². The molecule has 0 saturated carbocycles. The number of nitrogens with zero attached hydrogens (tertiary/aromatic N) is 2. The summed E-state index contributed by atoms with van der Waals surface area (Å²) in [5, 5.41) is 2.85. The van der Waals surface area contributed by atoms with E-state index in [-0.39, 0.29) is 24.2 Å². The summed E-state index contributed by atoms with van der Waals surface area (Å²) in [6, 6.07) is 12.1. The largest absolute Gasteiger partial charge is 0.341 e. The summed E-state index contributed by atoms with van der Waals surface area (Å²) in [6.45, 7) is 4.00. The Hall–Kier alpha value is -2.73. The van der Waals surface area contributed by atoms with Gasteiger partial charge in [-0.2, -0.15) is 0 Å². The van der Waals surface area contributed by atoms with Crippen LogP contribution in [0.4, 0.5) is 10.1 Å². The van der Waals surface area contributed by atoms with Crippen molar-refractivity contribution in [2.45, 2.75) is 38.6 Å². The van der Waals surface area contributed by atoms with Crippen molar-refractivity contribution in [3.05, 3.63) is 65.0 Å². The monoisotopic (exact) mass is 409 g/mol. The fourth-order valence-corrected chi connectivity index (χ4v) is 4.47. The van der Waals surface area contributed by atoms with Gasteiger partial charge in [0.25, 0.3) is 0 Å². The number of aryl methyl sites for hydroxylation is 1. The molecule has 0 unspecified atom stereocenters. The number of hydrogen-bond acceptors (Lipinski definition) is 3. The van der Waals surface area contributed by atoms with E-state index in [1.165, 1.54) is 11.6 Å². The van der Waals surface area contributed by atoms with Gasteiger partial charge in [-0.1, -0.05) is 24.3 Å². The van der Waals surface area contributed by atoms with Crippen LogP contribution in [0.1, 0.15) is 42.0 Å². The maximum absolute atomic E-state index is 13.5. The zero-order valence-electron chi connectivity index (χ0n) is 17.4. The second kappa shape index (κ2) is 8.96. The lowest BCUT2D eigenvalue weighted by Crippen LogP contribution is -2.49. The molecule has 2 aliphatic heterocycles. The summed E-state index contributed by atoms with van der Waals surface area (Å²) in [7, 11) is 0. The molecule has 1 fully saturated rings. The lowest BCUT2D eigenvalue weighted by Gasteiger charge is -2.39. The first kappa shape index (κ1) is 20.5. The number of rotatable bonds is 4. The Morgan fingerprint density at radius 3 is 2.60 bits per heavy atom. The van der Waals surface area contributed by atoms with Gasteiger partial charge in [-0.15, -0.1) is 0 Å². The minimum Gasteiger partial charge on any atom is -0.341 e. The number of carbonyl (C=O) groups excluding carboxylic acids is 2. The van der Waals surface area contributed by atoms with Crippen molar-refractivity contribution < 1.29 is 14.0 Å². The van der Waals surface area contributed by atoms with E-state index in [2.05, 4.69) is 11.4 Å². The first-order valence-corrected chi connectivity index (χ1v) is 10.7. The minimum atomic E-state index is -0.436. The molecular formula is C24H28FN3O2. The Morgan fingerprint density at radius 1 is 1.07 bits per heavy atom. The molecule has 0 bridgehead atoms. The second-order valence-electron chi connectivity index (χ2n) is 8.22. The maximum Gasteiger partial charge on any atom is 0.244 e. The first-order chi connectivity index (χ1) is 14.5. The van der Waals surface area contributed by atoms with Gasteiger partial charge in [0.2, 0.25) is 11.8 Å². The molecule has 6 heteroatoms. The maximum atomic E-state index is 13.5. The molecular weight excluding hydrogens is 381 g/mol. The Balaban J connectivity index is 1.53. The molecule has 1 N–H and O–H groups in total. The molecule has 158 valence electrons. The zero-order chi connectivity index (χ0) is 21.1. The number of carbonyl (C=O) groups is 2. The van der Waals surface area contributed by atoms with Gasteiger partial charge in [-0.05, 0) is 67.5 Å². The number of anilines is 1. The van der Waals surface area contributed by atoms with Gasteiger partial charge in [0.15, 0.2) is 0 Å². The molecule has 30 heavy (non-hydrogen) atoms. The van der Waals surface area contributed by atoms with Crippen LogP contribution in [0.25, 0.3) is 0 Å². The van der Waals surface area contributed by atoms with E-state index in [1.807, 2.05) is 28.0 Å². The van der Waals surface area contributed by atoms with Crippen molar-refractivity contribution in [3.8, 4) is 0 Å². The molecule has 0 spiro atoms. The van der Waals surface area contributed by atoms with E-state index < -0.39 is 6.04 Å². The van der Waals surface area contributed by atoms with Gasteiger partial charge >= 0.3 is 0 Å². The van der Waals surface area contributed by atoms with E-state index >= 15 is 0 Å². The molecule has 4 rings (SSSR count). The van der Waals surface area contributed by atoms with Gasteiger partial charge < -0.3 is 10.2 Å². The molecule has 0 radical (unpaired) electrons. The second-order valence-corrected chi connectivity index (χ2v) is 8.22. The van der Waals surface area contributed by atoms with Crippen LogP contribution in [0.5, 0.6) is 0 Å². The summed E-state index contributed by atoms with van der Waals surface area (Å²) in [4.78, 5) is 30.1. The molecule has 0 aromatic heterocycles. The smallest absolute Gasteiger partial charge is 0.244 e. The molecule has 1 saturated heterocycles. The highest BCUT2D eigenvalue weighted by Gasteiger charge is 2.36. The Labute approximate surface area is 176 Å². The third-order valence-electron chi connectivity index (χ3n) is 6.07. The van der Waals surface area contributed by atoms with E-state index in [9.17, 15) is 14.0 Å². The first-order valence-electron chi connectivity index (χ1n) is 10.7. The van der Waals surface area contributed by atoms with Crippen molar-refractivity contribution >= 4 is 17.5 Å². The number of fused-ring (bicyclic) bond motifs is 1. The number of likely N-dealkylation sites (tertiary alicyclic amines) is 1. The quantitative estimate of drug-likeness (QED) is 0.838. The summed E-state index contributed by atoms with van der Waals surface area (Å²) < 4.78 is 13.5. The Kier molecular flexibility index (Phi) is 6.13. The van der Waals surface area contributed by atoms with Crippen LogP contribution in [-0.4, -0.2) is 47.8 Å². The van der Waals surface area contributed by atoms with Crippen LogP contribution in [-0.2, 0) is 16.0 Å².